The molecule has 0 N–H and O–H groups in total. The van der Waals surface area contributed by atoms with Crippen molar-refractivity contribution in [2.75, 3.05) is 0 Å². The van der Waals surface area contributed by atoms with Crippen LogP contribution in [0.2, 0.25) is 5.02 Å². The Morgan fingerprint density at radius 3 is 2.08 bits per heavy atom. The fourth-order valence-electron chi connectivity index (χ4n) is 4.42. The van der Waals surface area contributed by atoms with E-state index in [4.69, 9.17) is 16.4 Å². The summed E-state index contributed by atoms with van der Waals surface area (Å²) in [6.07, 6.45) is 6.36. The molecule has 2 atom stereocenters. The van der Waals surface area contributed by atoms with E-state index in [0.717, 1.165) is 18.4 Å². The fourth-order valence-corrected chi connectivity index (χ4v) is 7.87. The molecular formula is C19H29ClN3OP. The Morgan fingerprint density at radius 1 is 1.08 bits per heavy atom. The van der Waals surface area contributed by atoms with Crippen LogP contribution in [-0.4, -0.2) is 39.7 Å². The van der Waals surface area contributed by atoms with Gasteiger partial charge >= 0.3 is 0 Å². The van der Waals surface area contributed by atoms with E-state index < -0.39 is 7.94 Å². The van der Waals surface area contributed by atoms with E-state index in [9.17, 15) is 4.89 Å². The van der Waals surface area contributed by atoms with Crippen molar-refractivity contribution in [3.8, 4) is 0 Å². The summed E-state index contributed by atoms with van der Waals surface area (Å²) in [5, 5.41) is 0.640. The van der Waals surface area contributed by atoms with Crippen molar-refractivity contribution in [1.82, 2.24) is 9.34 Å². The van der Waals surface area contributed by atoms with E-state index in [2.05, 4.69) is 37.0 Å². The third-order valence-corrected chi connectivity index (χ3v) is 8.77. The van der Waals surface area contributed by atoms with Gasteiger partial charge in [-0.2, -0.15) is 0 Å². The van der Waals surface area contributed by atoms with Crippen molar-refractivity contribution in [3.05, 3.63) is 34.9 Å². The van der Waals surface area contributed by atoms with Gasteiger partial charge in [0.1, 0.15) is 0 Å². The first-order valence-corrected chi connectivity index (χ1v) is 11.3. The molecule has 0 spiro atoms. The number of hydrogen-bond donors (Lipinski definition) is 0. The molecule has 1 aliphatic heterocycles. The van der Waals surface area contributed by atoms with Crippen LogP contribution in [0, 0.1) is 0 Å². The summed E-state index contributed by atoms with van der Waals surface area (Å²) in [5.41, 5.74) is 0.821. The fraction of sp³-hybridized carbons (Fsp3) is 0.632. The van der Waals surface area contributed by atoms with Crippen molar-refractivity contribution in [1.29, 1.82) is 0 Å². The molecule has 2 fully saturated rings. The number of halogens is 1. The molecule has 0 bridgehead atoms. The Balaban J connectivity index is 2.02. The second-order valence-corrected chi connectivity index (χ2v) is 10.2. The van der Waals surface area contributed by atoms with Crippen molar-refractivity contribution in [2.24, 2.45) is 4.76 Å². The van der Waals surface area contributed by atoms with Gasteiger partial charge in [0.2, 0.25) is 7.94 Å². The van der Waals surface area contributed by atoms with Gasteiger partial charge in [-0.25, -0.2) is 0 Å². The molecular weight excluding hydrogens is 353 g/mol. The molecule has 0 amide bonds. The molecule has 1 heterocycles. The van der Waals surface area contributed by atoms with Crippen LogP contribution in [0.5, 0.6) is 0 Å². The van der Waals surface area contributed by atoms with Crippen molar-refractivity contribution < 1.29 is 4.89 Å². The number of rotatable bonds is 4. The number of nitrogens with zero attached hydrogens (tertiary/aromatic N) is 3. The SMILES string of the molecule is CC(C)N1[C@H]2CCCC[C@@H]2N(C(C)C)[P+]1([O-])/N=C/c1ccccc1Cl. The molecule has 1 aromatic rings. The Bertz CT molecular complexity index is 613. The first kappa shape index (κ1) is 19.3. The second-order valence-electron chi connectivity index (χ2n) is 7.65. The molecule has 1 aromatic carbocycles. The molecule has 2 aliphatic rings. The minimum Gasteiger partial charge on any atom is -0.630 e. The average molecular weight is 382 g/mol. The van der Waals surface area contributed by atoms with Gasteiger partial charge in [0.15, 0.2) is 0 Å². The first-order chi connectivity index (χ1) is 11.9. The van der Waals surface area contributed by atoms with Crippen molar-refractivity contribution >= 4 is 25.8 Å². The van der Waals surface area contributed by atoms with Gasteiger partial charge in [0, 0.05) is 22.7 Å². The molecule has 138 valence electrons. The molecule has 1 saturated carbocycles. The van der Waals surface area contributed by atoms with Gasteiger partial charge in [-0.3, -0.25) is 0 Å². The lowest BCUT2D eigenvalue weighted by Crippen LogP contribution is -2.43. The maximum atomic E-state index is 14.2. The highest BCUT2D eigenvalue weighted by Crippen LogP contribution is 2.69. The molecule has 0 aromatic heterocycles. The Labute approximate surface area is 157 Å². The van der Waals surface area contributed by atoms with E-state index in [-0.39, 0.29) is 12.1 Å². The molecule has 6 heteroatoms. The van der Waals surface area contributed by atoms with E-state index in [1.165, 1.54) is 12.8 Å². The van der Waals surface area contributed by atoms with Gasteiger partial charge in [-0.15, -0.1) is 14.1 Å². The minimum atomic E-state index is -3.02. The maximum absolute atomic E-state index is 14.2. The number of fused-ring (bicyclic) bond motifs is 1. The predicted molar refractivity (Wildman–Crippen MR) is 106 cm³/mol. The highest BCUT2D eigenvalue weighted by Gasteiger charge is 2.61. The largest absolute Gasteiger partial charge is 0.630 e. The summed E-state index contributed by atoms with van der Waals surface area (Å²) < 4.78 is 9.11. The molecule has 4 nitrogen and oxygen atoms in total. The first-order valence-electron chi connectivity index (χ1n) is 9.34. The maximum Gasteiger partial charge on any atom is 0.238 e. The zero-order valence-electron chi connectivity index (χ0n) is 15.6. The summed E-state index contributed by atoms with van der Waals surface area (Å²) in [5.74, 6) is 0. The van der Waals surface area contributed by atoms with Crippen LogP contribution < -0.4 is 4.89 Å². The van der Waals surface area contributed by atoms with Gasteiger partial charge in [-0.1, -0.05) is 42.6 Å². The lowest BCUT2D eigenvalue weighted by Gasteiger charge is -2.39. The Morgan fingerprint density at radius 2 is 1.60 bits per heavy atom. The lowest BCUT2D eigenvalue weighted by molar-refractivity contribution is -0.193. The zero-order valence-corrected chi connectivity index (χ0v) is 17.3. The summed E-state index contributed by atoms with van der Waals surface area (Å²) in [7, 11) is -3.02. The minimum absolute atomic E-state index is 0.198. The van der Waals surface area contributed by atoms with Crippen LogP contribution in [-0.2, 0) is 0 Å². The van der Waals surface area contributed by atoms with Crippen molar-refractivity contribution in [3.63, 3.8) is 0 Å². The smallest absolute Gasteiger partial charge is 0.238 e. The molecule has 1 saturated heterocycles. The third kappa shape index (κ3) is 3.52. The summed E-state index contributed by atoms with van der Waals surface area (Å²) >= 11 is 6.27. The van der Waals surface area contributed by atoms with Crippen LogP contribution in [0.15, 0.2) is 29.0 Å². The molecule has 0 unspecified atom stereocenters. The third-order valence-electron chi connectivity index (χ3n) is 5.29. The van der Waals surface area contributed by atoms with Gasteiger partial charge < -0.3 is 4.89 Å². The van der Waals surface area contributed by atoms with E-state index in [0.29, 0.717) is 17.1 Å². The van der Waals surface area contributed by atoms with Gasteiger partial charge in [-0.05, 0) is 46.6 Å². The highest BCUT2D eigenvalue weighted by molar-refractivity contribution is 7.63. The summed E-state index contributed by atoms with van der Waals surface area (Å²) in [4.78, 5) is 14.2. The summed E-state index contributed by atoms with van der Waals surface area (Å²) in [6.45, 7) is 8.53. The topological polar surface area (TPSA) is 41.9 Å². The quantitative estimate of drug-likeness (QED) is 0.568. The molecule has 25 heavy (non-hydrogen) atoms. The number of hydrogen-bond acceptors (Lipinski definition) is 4. The lowest BCUT2D eigenvalue weighted by atomic mass is 9.89. The van der Waals surface area contributed by atoms with Crippen LogP contribution in [0.3, 0.4) is 0 Å². The van der Waals surface area contributed by atoms with Crippen LogP contribution in [0.4, 0.5) is 0 Å². The normalized spacial score (nSPS) is 27.5. The van der Waals surface area contributed by atoms with Crippen LogP contribution >= 0.6 is 19.5 Å². The van der Waals surface area contributed by atoms with Crippen molar-refractivity contribution in [2.45, 2.75) is 77.5 Å². The van der Waals surface area contributed by atoms with Crippen LogP contribution in [0.25, 0.3) is 0 Å². The second kappa shape index (κ2) is 7.62. The Kier molecular flexibility index (Phi) is 5.87. The van der Waals surface area contributed by atoms with E-state index in [1.807, 2.05) is 24.3 Å². The highest BCUT2D eigenvalue weighted by atomic mass is 35.5. The number of benzene rings is 1. The average Bonchev–Trinajstić information content (AvgIpc) is 2.82. The monoisotopic (exact) mass is 381 g/mol. The van der Waals surface area contributed by atoms with E-state index >= 15 is 0 Å². The van der Waals surface area contributed by atoms with Gasteiger partial charge in [0.05, 0.1) is 18.3 Å². The molecule has 1 aliphatic carbocycles. The van der Waals surface area contributed by atoms with Gasteiger partial charge in [0.25, 0.3) is 0 Å². The predicted octanol–water partition coefficient (Wildman–Crippen LogP) is 4.54. The Hall–Kier alpha value is -0.510. The molecule has 3 rings (SSSR count). The summed E-state index contributed by atoms with van der Waals surface area (Å²) in [6, 6.07) is 8.65. The zero-order chi connectivity index (χ0) is 18.2. The van der Waals surface area contributed by atoms with Crippen LogP contribution in [0.1, 0.15) is 58.9 Å². The van der Waals surface area contributed by atoms with E-state index in [1.54, 1.807) is 6.21 Å². The molecule has 0 radical (unpaired) electrons. The standard InChI is InChI=1S/C19H29ClN3OP/c1-14(2)22-18-11-7-8-12-19(18)23(15(3)4)25(22,24)21-13-16-9-5-6-10-17(16)20/h5-6,9-10,13-15,18-19H,7-8,11-12H2,1-4H3/b21-13+/t18-,19-/m0/s1.